The number of nitrogens with zero attached hydrogens (tertiary/aromatic N) is 1. The van der Waals surface area contributed by atoms with E-state index in [1.807, 2.05) is 19.1 Å². The normalized spacial score (nSPS) is 21.5. The highest BCUT2D eigenvalue weighted by Crippen LogP contribution is 2.38. The van der Waals surface area contributed by atoms with Gasteiger partial charge in [0.2, 0.25) is 11.8 Å². The van der Waals surface area contributed by atoms with Crippen molar-refractivity contribution < 1.29 is 23.5 Å². The molecule has 7 nitrogen and oxygen atoms in total. The van der Waals surface area contributed by atoms with E-state index < -0.39 is 11.6 Å². The Morgan fingerprint density at radius 1 is 1.10 bits per heavy atom. The monoisotopic (exact) mass is 397 g/mol. The summed E-state index contributed by atoms with van der Waals surface area (Å²) in [6.07, 6.45) is 3.37. The van der Waals surface area contributed by atoms with E-state index in [2.05, 4.69) is 0 Å². The lowest BCUT2D eigenvalue weighted by Gasteiger charge is -2.19. The van der Waals surface area contributed by atoms with E-state index >= 15 is 0 Å². The van der Waals surface area contributed by atoms with Crippen molar-refractivity contribution in [2.24, 2.45) is 11.8 Å². The zero-order valence-corrected chi connectivity index (χ0v) is 16.3. The Morgan fingerprint density at radius 2 is 1.79 bits per heavy atom. The van der Waals surface area contributed by atoms with Gasteiger partial charge in [0, 0.05) is 23.6 Å². The van der Waals surface area contributed by atoms with Crippen molar-refractivity contribution in [1.29, 1.82) is 0 Å². The fourth-order valence-corrected chi connectivity index (χ4v) is 4.34. The molecule has 2 heterocycles. The SMILES string of the molecule is Cc1ccc2c(COC(=O)CCN3C(=O)[C@H]4CCCC[C@@H]4C3=O)cc(=O)oc2c1. The molecule has 29 heavy (non-hydrogen) atoms. The molecule has 2 amide bonds. The summed E-state index contributed by atoms with van der Waals surface area (Å²) < 4.78 is 10.5. The molecule has 0 N–H and O–H groups in total. The Labute approximate surface area is 167 Å². The Kier molecular flexibility index (Phi) is 5.22. The maximum Gasteiger partial charge on any atom is 0.336 e. The minimum atomic E-state index is -0.519. The smallest absolute Gasteiger partial charge is 0.336 e. The number of hydrogen-bond donors (Lipinski definition) is 0. The predicted molar refractivity (Wildman–Crippen MR) is 104 cm³/mol. The van der Waals surface area contributed by atoms with Crippen molar-refractivity contribution in [2.45, 2.75) is 45.6 Å². The van der Waals surface area contributed by atoms with E-state index in [0.717, 1.165) is 31.2 Å². The number of ether oxygens (including phenoxy) is 1. The summed E-state index contributed by atoms with van der Waals surface area (Å²) in [5.41, 5.74) is 1.45. The van der Waals surface area contributed by atoms with Crippen molar-refractivity contribution in [3.05, 3.63) is 45.8 Å². The van der Waals surface area contributed by atoms with Gasteiger partial charge in [0.05, 0.1) is 18.3 Å². The molecule has 2 fully saturated rings. The zero-order chi connectivity index (χ0) is 20.5. The third kappa shape index (κ3) is 3.81. The second-order valence-electron chi connectivity index (χ2n) is 7.83. The van der Waals surface area contributed by atoms with Gasteiger partial charge in [0.15, 0.2) is 0 Å². The maximum absolute atomic E-state index is 12.5. The van der Waals surface area contributed by atoms with Crippen LogP contribution < -0.4 is 5.63 Å². The van der Waals surface area contributed by atoms with Gasteiger partial charge in [-0.1, -0.05) is 25.0 Å². The Balaban J connectivity index is 1.38. The van der Waals surface area contributed by atoms with Crippen LogP contribution >= 0.6 is 0 Å². The number of rotatable bonds is 5. The second kappa shape index (κ2) is 7.81. The molecule has 2 aromatic rings. The minimum Gasteiger partial charge on any atom is -0.461 e. The highest BCUT2D eigenvalue weighted by Gasteiger charge is 2.47. The fraction of sp³-hybridized carbons (Fsp3) is 0.455. The lowest BCUT2D eigenvalue weighted by molar-refractivity contribution is -0.146. The van der Waals surface area contributed by atoms with E-state index in [4.69, 9.17) is 9.15 Å². The molecule has 1 aromatic carbocycles. The molecule has 0 spiro atoms. The molecule has 4 rings (SSSR count). The van der Waals surface area contributed by atoms with Gasteiger partial charge in [-0.25, -0.2) is 4.79 Å². The molecular weight excluding hydrogens is 374 g/mol. The molecule has 2 aliphatic rings. The van der Waals surface area contributed by atoms with Gasteiger partial charge in [-0.3, -0.25) is 19.3 Å². The van der Waals surface area contributed by atoms with E-state index in [1.54, 1.807) is 6.07 Å². The molecule has 1 saturated heterocycles. The summed E-state index contributed by atoms with van der Waals surface area (Å²) >= 11 is 0. The second-order valence-corrected chi connectivity index (χ2v) is 7.83. The average molecular weight is 397 g/mol. The van der Waals surface area contributed by atoms with Crippen LogP contribution in [0.4, 0.5) is 0 Å². The topological polar surface area (TPSA) is 93.9 Å². The summed E-state index contributed by atoms with van der Waals surface area (Å²) in [6.45, 7) is 1.86. The number of fused-ring (bicyclic) bond motifs is 2. The molecule has 0 radical (unpaired) electrons. The summed E-state index contributed by atoms with van der Waals surface area (Å²) in [7, 11) is 0. The number of likely N-dealkylation sites (tertiary alicyclic amines) is 1. The van der Waals surface area contributed by atoms with Gasteiger partial charge >= 0.3 is 11.6 Å². The van der Waals surface area contributed by atoms with Crippen molar-refractivity contribution in [3.63, 3.8) is 0 Å². The highest BCUT2D eigenvalue weighted by molar-refractivity contribution is 6.05. The van der Waals surface area contributed by atoms with Crippen molar-refractivity contribution >= 4 is 28.8 Å². The summed E-state index contributed by atoms with van der Waals surface area (Å²) in [5, 5.41) is 0.706. The van der Waals surface area contributed by atoms with E-state index in [0.29, 0.717) is 16.5 Å². The quantitative estimate of drug-likeness (QED) is 0.437. The largest absolute Gasteiger partial charge is 0.461 e. The fourth-order valence-electron chi connectivity index (χ4n) is 4.34. The van der Waals surface area contributed by atoms with Gasteiger partial charge in [-0.15, -0.1) is 0 Å². The van der Waals surface area contributed by atoms with Crippen LogP contribution in [0, 0.1) is 18.8 Å². The number of esters is 1. The summed E-state index contributed by atoms with van der Waals surface area (Å²) in [5.74, 6) is -1.27. The number of hydrogen-bond acceptors (Lipinski definition) is 6. The first-order valence-corrected chi connectivity index (χ1v) is 9.98. The van der Waals surface area contributed by atoms with Crippen molar-refractivity contribution in [3.8, 4) is 0 Å². The molecule has 2 atom stereocenters. The standard InChI is InChI=1S/C22H23NO6/c1-13-6-7-15-14(11-20(25)29-18(15)10-13)12-28-19(24)8-9-23-21(26)16-4-2-3-5-17(16)22(23)27/h6-7,10-11,16-17H,2-5,8-9,12H2,1H3/t16-,17-/m0/s1. The van der Waals surface area contributed by atoms with Crippen LogP contribution in [0.5, 0.6) is 0 Å². The van der Waals surface area contributed by atoms with E-state index in [-0.39, 0.29) is 43.2 Å². The lowest BCUT2D eigenvalue weighted by atomic mass is 9.81. The molecule has 7 heteroatoms. The Morgan fingerprint density at radius 3 is 2.48 bits per heavy atom. The first-order valence-electron chi connectivity index (χ1n) is 9.98. The van der Waals surface area contributed by atoms with Crippen LogP contribution in [-0.4, -0.2) is 29.2 Å². The Bertz CT molecular complexity index is 1020. The van der Waals surface area contributed by atoms with Gasteiger partial charge in [-0.05, 0) is 31.4 Å². The van der Waals surface area contributed by atoms with Crippen LogP contribution in [0.25, 0.3) is 11.0 Å². The van der Waals surface area contributed by atoms with Crippen LogP contribution in [0.2, 0.25) is 0 Å². The predicted octanol–water partition coefficient (Wildman–Crippen LogP) is 2.71. The summed E-state index contributed by atoms with van der Waals surface area (Å²) in [6, 6.07) is 6.77. The van der Waals surface area contributed by atoms with Crippen LogP contribution in [-0.2, 0) is 25.7 Å². The molecule has 0 unspecified atom stereocenters. The molecule has 1 aliphatic carbocycles. The molecular formula is C22H23NO6. The van der Waals surface area contributed by atoms with Crippen LogP contribution in [0.15, 0.2) is 33.5 Å². The average Bonchev–Trinajstić information content (AvgIpc) is 2.94. The number of carbonyl (C=O) groups is 3. The molecule has 1 aliphatic heterocycles. The molecule has 1 saturated carbocycles. The third-order valence-electron chi connectivity index (χ3n) is 5.85. The third-order valence-corrected chi connectivity index (χ3v) is 5.85. The van der Waals surface area contributed by atoms with Gasteiger partial charge in [0.1, 0.15) is 12.2 Å². The highest BCUT2D eigenvalue weighted by atomic mass is 16.5. The first-order chi connectivity index (χ1) is 13.9. The van der Waals surface area contributed by atoms with Crippen LogP contribution in [0.1, 0.15) is 43.2 Å². The number of imide groups is 1. The lowest BCUT2D eigenvalue weighted by Crippen LogP contribution is -2.33. The van der Waals surface area contributed by atoms with Gasteiger partial charge in [-0.2, -0.15) is 0 Å². The van der Waals surface area contributed by atoms with Crippen LogP contribution in [0.3, 0.4) is 0 Å². The van der Waals surface area contributed by atoms with Gasteiger partial charge in [0.25, 0.3) is 0 Å². The first kappa shape index (κ1) is 19.4. The number of aryl methyl sites for hydroxylation is 1. The van der Waals surface area contributed by atoms with Crippen molar-refractivity contribution in [2.75, 3.05) is 6.54 Å². The number of amides is 2. The van der Waals surface area contributed by atoms with E-state index in [9.17, 15) is 19.2 Å². The number of carbonyl (C=O) groups excluding carboxylic acids is 3. The van der Waals surface area contributed by atoms with E-state index in [1.165, 1.54) is 11.0 Å². The molecule has 0 bridgehead atoms. The van der Waals surface area contributed by atoms with Crippen molar-refractivity contribution in [1.82, 2.24) is 4.90 Å². The molecule has 152 valence electrons. The zero-order valence-electron chi connectivity index (χ0n) is 16.3. The summed E-state index contributed by atoms with van der Waals surface area (Å²) in [4.78, 5) is 50.1. The minimum absolute atomic E-state index is 0.0420. The maximum atomic E-state index is 12.5. The number of benzene rings is 1. The Hall–Kier alpha value is -2.96. The van der Waals surface area contributed by atoms with Gasteiger partial charge < -0.3 is 9.15 Å². The molecule has 1 aromatic heterocycles.